The number of hydrogen-bond donors (Lipinski definition) is 1. The number of fused-ring (bicyclic) bond motifs is 1. The molecule has 0 spiro atoms. The summed E-state index contributed by atoms with van der Waals surface area (Å²) in [6.45, 7) is 4.78. The van der Waals surface area contributed by atoms with Crippen LogP contribution in [0.4, 0.5) is 0 Å². The van der Waals surface area contributed by atoms with Crippen molar-refractivity contribution in [2.45, 2.75) is 38.3 Å². The molecule has 3 rings (SSSR count). The van der Waals surface area contributed by atoms with Crippen LogP contribution in [0.25, 0.3) is 0 Å². The van der Waals surface area contributed by atoms with Crippen molar-refractivity contribution >= 4 is 0 Å². The van der Waals surface area contributed by atoms with Gasteiger partial charge < -0.3 is 10.2 Å². The molecule has 2 aliphatic rings. The summed E-state index contributed by atoms with van der Waals surface area (Å²) in [6.07, 6.45) is 5.58. The largest absolute Gasteiger partial charge is 0.306 e. The Balaban J connectivity index is 1.68. The van der Waals surface area contributed by atoms with Gasteiger partial charge in [0.1, 0.15) is 0 Å². The highest BCUT2D eigenvalue weighted by Gasteiger charge is 2.30. The van der Waals surface area contributed by atoms with Gasteiger partial charge in [-0.15, -0.1) is 0 Å². The van der Waals surface area contributed by atoms with Crippen molar-refractivity contribution in [3.05, 3.63) is 29.6 Å². The molecule has 1 aromatic heterocycles. The van der Waals surface area contributed by atoms with Gasteiger partial charge in [0.05, 0.1) is 11.7 Å². The number of rotatable bonds is 2. The molecule has 0 radical (unpaired) electrons. The number of piperidine rings is 1. The van der Waals surface area contributed by atoms with Crippen LogP contribution in [0.2, 0.25) is 0 Å². The Hall–Kier alpha value is -0.930. The number of aryl methyl sites for hydroxylation is 1. The van der Waals surface area contributed by atoms with E-state index in [-0.39, 0.29) is 0 Å². The maximum Gasteiger partial charge on any atom is 0.0605 e. The summed E-state index contributed by atoms with van der Waals surface area (Å²) >= 11 is 0. The molecule has 3 atom stereocenters. The van der Waals surface area contributed by atoms with E-state index in [1.807, 2.05) is 6.20 Å². The van der Waals surface area contributed by atoms with Gasteiger partial charge in [-0.25, -0.2) is 0 Å². The van der Waals surface area contributed by atoms with E-state index in [1.54, 1.807) is 0 Å². The Bertz CT molecular complexity index is 418. The van der Waals surface area contributed by atoms with Gasteiger partial charge >= 0.3 is 0 Å². The van der Waals surface area contributed by atoms with Crippen LogP contribution in [-0.2, 0) is 6.42 Å². The molecule has 3 heteroatoms. The van der Waals surface area contributed by atoms with E-state index >= 15 is 0 Å². The molecule has 1 fully saturated rings. The van der Waals surface area contributed by atoms with Crippen molar-refractivity contribution in [3.8, 4) is 0 Å². The molecule has 2 heterocycles. The molecular weight excluding hydrogens is 222 g/mol. The van der Waals surface area contributed by atoms with Crippen molar-refractivity contribution in [2.75, 3.05) is 20.1 Å². The van der Waals surface area contributed by atoms with Gasteiger partial charge in [-0.2, -0.15) is 0 Å². The summed E-state index contributed by atoms with van der Waals surface area (Å²) < 4.78 is 0. The van der Waals surface area contributed by atoms with Crippen LogP contribution in [-0.4, -0.2) is 36.1 Å². The third kappa shape index (κ3) is 2.29. The average molecular weight is 245 g/mol. The van der Waals surface area contributed by atoms with E-state index in [0.717, 1.165) is 5.92 Å². The topological polar surface area (TPSA) is 28.2 Å². The summed E-state index contributed by atoms with van der Waals surface area (Å²) in [6, 6.07) is 5.41. The highest BCUT2D eigenvalue weighted by Crippen LogP contribution is 2.30. The van der Waals surface area contributed by atoms with Crippen LogP contribution in [0.5, 0.6) is 0 Å². The lowest BCUT2D eigenvalue weighted by Gasteiger charge is -2.36. The molecule has 1 N–H and O–H groups in total. The van der Waals surface area contributed by atoms with Crippen LogP contribution in [0.3, 0.4) is 0 Å². The van der Waals surface area contributed by atoms with Gasteiger partial charge in [0.25, 0.3) is 0 Å². The molecule has 0 saturated carbocycles. The second-order valence-electron chi connectivity index (χ2n) is 5.94. The van der Waals surface area contributed by atoms with E-state index in [9.17, 15) is 0 Å². The third-order valence-corrected chi connectivity index (χ3v) is 4.48. The van der Waals surface area contributed by atoms with Gasteiger partial charge in [0.15, 0.2) is 0 Å². The normalized spacial score (nSPS) is 32.4. The first kappa shape index (κ1) is 12.1. The van der Waals surface area contributed by atoms with E-state index in [1.165, 1.54) is 43.6 Å². The number of pyridine rings is 1. The van der Waals surface area contributed by atoms with Crippen LogP contribution in [0.15, 0.2) is 18.3 Å². The Morgan fingerprint density at radius 3 is 3.11 bits per heavy atom. The molecule has 1 aliphatic heterocycles. The predicted octanol–water partition coefficient (Wildman–Crippen LogP) is 2.00. The second-order valence-corrected chi connectivity index (χ2v) is 5.94. The lowest BCUT2D eigenvalue weighted by molar-refractivity contribution is 0.165. The molecular formula is C15H23N3. The highest BCUT2D eigenvalue weighted by atomic mass is 15.1. The van der Waals surface area contributed by atoms with Crippen LogP contribution in [0.1, 0.15) is 37.1 Å². The standard InChI is InChI=1S/C15H23N3/c1-11-10-18(2)9-7-13(11)17-14-6-5-12-4-3-8-16-15(12)14/h3-4,8,11,13-14,17H,5-7,9-10H2,1-2H3. The fraction of sp³-hybridized carbons (Fsp3) is 0.667. The summed E-state index contributed by atoms with van der Waals surface area (Å²) in [5, 5.41) is 3.86. The molecule has 0 bridgehead atoms. The average Bonchev–Trinajstić information content (AvgIpc) is 2.76. The van der Waals surface area contributed by atoms with E-state index < -0.39 is 0 Å². The van der Waals surface area contributed by atoms with Crippen LogP contribution in [0, 0.1) is 5.92 Å². The van der Waals surface area contributed by atoms with Crippen molar-refractivity contribution < 1.29 is 0 Å². The minimum atomic E-state index is 0.483. The summed E-state index contributed by atoms with van der Waals surface area (Å²) in [7, 11) is 2.22. The first-order valence-electron chi connectivity index (χ1n) is 7.12. The van der Waals surface area contributed by atoms with Crippen molar-refractivity contribution in [3.63, 3.8) is 0 Å². The fourth-order valence-corrected chi connectivity index (χ4v) is 3.43. The lowest BCUT2D eigenvalue weighted by Crippen LogP contribution is -2.47. The molecule has 1 saturated heterocycles. The molecule has 3 nitrogen and oxygen atoms in total. The first-order valence-corrected chi connectivity index (χ1v) is 7.12. The number of hydrogen-bond acceptors (Lipinski definition) is 3. The van der Waals surface area contributed by atoms with Gasteiger partial charge in [-0.05, 0) is 50.4 Å². The zero-order valence-corrected chi connectivity index (χ0v) is 11.4. The summed E-state index contributed by atoms with van der Waals surface area (Å²) in [5.74, 6) is 0.733. The van der Waals surface area contributed by atoms with Gasteiger partial charge in [0.2, 0.25) is 0 Å². The monoisotopic (exact) mass is 245 g/mol. The van der Waals surface area contributed by atoms with E-state index in [2.05, 4.69) is 41.3 Å². The van der Waals surface area contributed by atoms with Crippen molar-refractivity contribution in [2.24, 2.45) is 5.92 Å². The maximum atomic E-state index is 4.57. The SMILES string of the molecule is CC1CN(C)CCC1NC1CCc2cccnc21. The quantitative estimate of drug-likeness (QED) is 0.864. The molecule has 3 unspecified atom stereocenters. The number of likely N-dealkylation sites (tertiary alicyclic amines) is 1. The Kier molecular flexibility index (Phi) is 3.35. The Labute approximate surface area is 110 Å². The lowest BCUT2D eigenvalue weighted by atomic mass is 9.93. The zero-order chi connectivity index (χ0) is 12.5. The van der Waals surface area contributed by atoms with Crippen molar-refractivity contribution in [1.29, 1.82) is 0 Å². The second kappa shape index (κ2) is 4.98. The molecule has 1 aliphatic carbocycles. The minimum absolute atomic E-state index is 0.483. The fourth-order valence-electron chi connectivity index (χ4n) is 3.43. The highest BCUT2D eigenvalue weighted by molar-refractivity contribution is 5.28. The number of nitrogens with one attached hydrogen (secondary N) is 1. The predicted molar refractivity (Wildman–Crippen MR) is 73.5 cm³/mol. The minimum Gasteiger partial charge on any atom is -0.306 e. The first-order chi connectivity index (χ1) is 8.74. The molecule has 18 heavy (non-hydrogen) atoms. The maximum absolute atomic E-state index is 4.57. The van der Waals surface area contributed by atoms with E-state index in [4.69, 9.17) is 0 Å². The van der Waals surface area contributed by atoms with Crippen molar-refractivity contribution in [1.82, 2.24) is 15.2 Å². The Morgan fingerprint density at radius 1 is 1.39 bits per heavy atom. The molecule has 1 aromatic rings. The van der Waals surface area contributed by atoms with Crippen LogP contribution < -0.4 is 5.32 Å². The third-order valence-electron chi connectivity index (χ3n) is 4.48. The Morgan fingerprint density at radius 2 is 2.28 bits per heavy atom. The van der Waals surface area contributed by atoms with Crippen LogP contribution >= 0.6 is 0 Å². The van der Waals surface area contributed by atoms with Gasteiger partial charge in [-0.3, -0.25) is 4.98 Å². The zero-order valence-electron chi connectivity index (χ0n) is 11.4. The smallest absolute Gasteiger partial charge is 0.0605 e. The van der Waals surface area contributed by atoms with Gasteiger partial charge in [0, 0.05) is 18.8 Å². The molecule has 98 valence electrons. The number of aromatic nitrogens is 1. The van der Waals surface area contributed by atoms with E-state index in [0.29, 0.717) is 12.1 Å². The molecule has 0 amide bonds. The van der Waals surface area contributed by atoms with Gasteiger partial charge in [-0.1, -0.05) is 13.0 Å². The molecule has 0 aromatic carbocycles. The number of nitrogens with zero attached hydrogens (tertiary/aromatic N) is 2. The summed E-state index contributed by atoms with van der Waals surface area (Å²) in [5.41, 5.74) is 2.74. The summed E-state index contributed by atoms with van der Waals surface area (Å²) in [4.78, 5) is 7.01.